The largest absolute Gasteiger partial charge is 0.345 e. The molecule has 3 heterocycles. The van der Waals surface area contributed by atoms with Gasteiger partial charge in [0.2, 0.25) is 5.95 Å². The minimum absolute atomic E-state index is 0.444. The lowest BCUT2D eigenvalue weighted by atomic mass is 10.0. The minimum Gasteiger partial charge on any atom is -0.345 e. The fourth-order valence-corrected chi connectivity index (χ4v) is 2.34. The summed E-state index contributed by atoms with van der Waals surface area (Å²) in [6, 6.07) is 3.20. The van der Waals surface area contributed by atoms with Crippen LogP contribution in [0.15, 0.2) is 24.4 Å². The highest BCUT2D eigenvalue weighted by Crippen LogP contribution is 2.26. The highest BCUT2D eigenvalue weighted by atomic mass is 19.1. The maximum atomic E-state index is 13.0. The first kappa shape index (κ1) is 10.5. The summed E-state index contributed by atoms with van der Waals surface area (Å²) >= 11 is 0. The van der Waals surface area contributed by atoms with Gasteiger partial charge in [-0.05, 0) is 31.2 Å². The van der Waals surface area contributed by atoms with E-state index in [2.05, 4.69) is 28.0 Å². The fraction of sp³-hybridized carbons (Fsp3) is 0.308. The Labute approximate surface area is 99.0 Å². The number of rotatable bonds is 1. The Bertz CT molecular complexity index is 585. The van der Waals surface area contributed by atoms with Crippen LogP contribution in [0.5, 0.6) is 0 Å². The van der Waals surface area contributed by atoms with Gasteiger partial charge in [-0.2, -0.15) is 4.39 Å². The number of nitrogens with one attached hydrogen (secondary N) is 1. The number of halogens is 1. The fourth-order valence-electron chi connectivity index (χ4n) is 2.34. The van der Waals surface area contributed by atoms with E-state index in [9.17, 15) is 4.39 Å². The van der Waals surface area contributed by atoms with Gasteiger partial charge in [0.1, 0.15) is 5.65 Å². The quantitative estimate of drug-likeness (QED) is 0.764. The van der Waals surface area contributed by atoms with E-state index in [-0.39, 0.29) is 0 Å². The summed E-state index contributed by atoms with van der Waals surface area (Å²) in [6.07, 6.45) is 5.24. The molecule has 0 radical (unpaired) electrons. The molecular formula is C13H14FN3. The van der Waals surface area contributed by atoms with E-state index in [1.807, 2.05) is 6.20 Å². The summed E-state index contributed by atoms with van der Waals surface area (Å²) in [4.78, 5) is 9.16. The molecule has 2 aromatic heterocycles. The zero-order valence-electron chi connectivity index (χ0n) is 9.70. The monoisotopic (exact) mass is 231 g/mol. The third-order valence-corrected chi connectivity index (χ3v) is 3.19. The van der Waals surface area contributed by atoms with Crippen LogP contribution in [0.4, 0.5) is 4.39 Å². The number of fused-ring (bicyclic) bond motifs is 1. The number of pyridine rings is 1. The third-order valence-electron chi connectivity index (χ3n) is 3.19. The number of H-pyrrole nitrogens is 1. The summed E-state index contributed by atoms with van der Waals surface area (Å²) in [7, 11) is 2.11. The van der Waals surface area contributed by atoms with Gasteiger partial charge >= 0.3 is 0 Å². The summed E-state index contributed by atoms with van der Waals surface area (Å²) in [5, 5.41) is 0.993. The molecule has 0 fully saturated rings. The van der Waals surface area contributed by atoms with E-state index >= 15 is 0 Å². The standard InChI is InChI=1S/C13H14FN3/c1-17-6-2-3-9(8-17)11-7-15-13-10(11)4-5-12(14)16-13/h3-5,7H,2,6,8H2,1H3,(H,15,16). The lowest BCUT2D eigenvalue weighted by molar-refractivity contribution is 0.373. The van der Waals surface area contributed by atoms with Gasteiger partial charge in [-0.1, -0.05) is 6.08 Å². The van der Waals surface area contributed by atoms with Crippen LogP contribution >= 0.6 is 0 Å². The van der Waals surface area contributed by atoms with Crippen LogP contribution in [0.2, 0.25) is 0 Å². The van der Waals surface area contributed by atoms with Crippen molar-refractivity contribution in [1.82, 2.24) is 14.9 Å². The molecule has 0 atom stereocenters. The number of aromatic amines is 1. The Balaban J connectivity index is 2.09. The predicted molar refractivity (Wildman–Crippen MR) is 66.1 cm³/mol. The zero-order chi connectivity index (χ0) is 11.8. The van der Waals surface area contributed by atoms with Crippen molar-refractivity contribution in [2.24, 2.45) is 0 Å². The van der Waals surface area contributed by atoms with Crippen LogP contribution in [0.1, 0.15) is 12.0 Å². The Hall–Kier alpha value is -1.68. The number of hydrogen-bond donors (Lipinski definition) is 1. The molecule has 0 saturated carbocycles. The molecule has 0 saturated heterocycles. The van der Waals surface area contributed by atoms with Gasteiger partial charge in [-0.3, -0.25) is 0 Å². The highest BCUT2D eigenvalue weighted by Gasteiger charge is 2.14. The maximum Gasteiger partial charge on any atom is 0.214 e. The molecule has 1 N–H and O–H groups in total. The Morgan fingerprint density at radius 3 is 3.12 bits per heavy atom. The number of aromatic nitrogens is 2. The molecule has 0 spiro atoms. The van der Waals surface area contributed by atoms with E-state index in [1.165, 1.54) is 11.6 Å². The molecule has 88 valence electrons. The van der Waals surface area contributed by atoms with Gasteiger partial charge in [-0.15, -0.1) is 0 Å². The average molecular weight is 231 g/mol. The lowest BCUT2D eigenvalue weighted by Crippen LogP contribution is -2.24. The Morgan fingerprint density at radius 1 is 1.41 bits per heavy atom. The first-order chi connectivity index (χ1) is 8.24. The van der Waals surface area contributed by atoms with Crippen molar-refractivity contribution >= 4 is 16.6 Å². The molecule has 0 unspecified atom stereocenters. The van der Waals surface area contributed by atoms with E-state index in [0.29, 0.717) is 5.65 Å². The Kier molecular flexibility index (Phi) is 2.44. The van der Waals surface area contributed by atoms with E-state index < -0.39 is 5.95 Å². The van der Waals surface area contributed by atoms with Crippen molar-refractivity contribution in [3.8, 4) is 0 Å². The number of nitrogens with zero attached hydrogens (tertiary/aromatic N) is 2. The van der Waals surface area contributed by atoms with E-state index in [4.69, 9.17) is 0 Å². The van der Waals surface area contributed by atoms with Crippen LogP contribution in [-0.2, 0) is 0 Å². The molecule has 0 aromatic carbocycles. The zero-order valence-corrected chi connectivity index (χ0v) is 9.70. The average Bonchev–Trinajstić information content (AvgIpc) is 2.71. The maximum absolute atomic E-state index is 13.0. The molecule has 2 aromatic rings. The van der Waals surface area contributed by atoms with E-state index in [0.717, 1.165) is 30.5 Å². The molecule has 0 aliphatic carbocycles. The number of likely N-dealkylation sites (N-methyl/N-ethyl adjacent to an activating group) is 1. The predicted octanol–water partition coefficient (Wildman–Crippen LogP) is 2.42. The van der Waals surface area contributed by atoms with Crippen molar-refractivity contribution in [3.63, 3.8) is 0 Å². The summed E-state index contributed by atoms with van der Waals surface area (Å²) < 4.78 is 13.0. The van der Waals surface area contributed by atoms with Crippen molar-refractivity contribution in [2.45, 2.75) is 6.42 Å². The second kappa shape index (κ2) is 3.96. The first-order valence-corrected chi connectivity index (χ1v) is 5.75. The topological polar surface area (TPSA) is 31.9 Å². The van der Waals surface area contributed by atoms with Gasteiger partial charge in [0.05, 0.1) is 0 Å². The van der Waals surface area contributed by atoms with Gasteiger partial charge < -0.3 is 9.88 Å². The van der Waals surface area contributed by atoms with Gasteiger partial charge in [0.25, 0.3) is 0 Å². The van der Waals surface area contributed by atoms with E-state index in [1.54, 1.807) is 6.07 Å². The number of hydrogen-bond acceptors (Lipinski definition) is 2. The normalized spacial score (nSPS) is 17.4. The third kappa shape index (κ3) is 1.85. The molecule has 3 nitrogen and oxygen atoms in total. The molecule has 0 amide bonds. The SMILES string of the molecule is CN1CCC=C(c2c[nH]c3nc(F)ccc23)C1. The minimum atomic E-state index is -0.444. The van der Waals surface area contributed by atoms with Crippen LogP contribution in [0.25, 0.3) is 16.6 Å². The van der Waals surface area contributed by atoms with Gasteiger partial charge in [0.15, 0.2) is 0 Å². The summed E-state index contributed by atoms with van der Waals surface area (Å²) in [5.41, 5.74) is 3.05. The molecule has 1 aliphatic rings. The van der Waals surface area contributed by atoms with Crippen LogP contribution in [0, 0.1) is 5.95 Å². The Morgan fingerprint density at radius 2 is 2.29 bits per heavy atom. The van der Waals surface area contributed by atoms with Crippen LogP contribution < -0.4 is 0 Å². The van der Waals surface area contributed by atoms with Crippen molar-refractivity contribution in [3.05, 3.63) is 35.9 Å². The van der Waals surface area contributed by atoms with Gasteiger partial charge in [0, 0.05) is 30.2 Å². The molecular weight excluding hydrogens is 217 g/mol. The molecule has 17 heavy (non-hydrogen) atoms. The summed E-state index contributed by atoms with van der Waals surface area (Å²) in [6.45, 7) is 2.03. The molecule has 1 aliphatic heterocycles. The smallest absolute Gasteiger partial charge is 0.214 e. The summed E-state index contributed by atoms with van der Waals surface area (Å²) in [5.74, 6) is -0.444. The molecule has 0 bridgehead atoms. The van der Waals surface area contributed by atoms with Crippen molar-refractivity contribution in [1.29, 1.82) is 0 Å². The lowest BCUT2D eigenvalue weighted by Gasteiger charge is -2.22. The molecule has 3 rings (SSSR count). The molecule has 4 heteroatoms. The second-order valence-corrected chi connectivity index (χ2v) is 4.49. The van der Waals surface area contributed by atoms with Crippen LogP contribution in [0.3, 0.4) is 0 Å². The van der Waals surface area contributed by atoms with Crippen molar-refractivity contribution in [2.75, 3.05) is 20.1 Å². The second-order valence-electron chi connectivity index (χ2n) is 4.49. The van der Waals surface area contributed by atoms with Crippen LogP contribution in [-0.4, -0.2) is 35.0 Å². The van der Waals surface area contributed by atoms with Crippen molar-refractivity contribution < 1.29 is 4.39 Å². The van der Waals surface area contributed by atoms with Gasteiger partial charge in [-0.25, -0.2) is 4.98 Å². The highest BCUT2D eigenvalue weighted by molar-refractivity contribution is 5.91. The first-order valence-electron chi connectivity index (χ1n) is 5.75.